The van der Waals surface area contributed by atoms with Gasteiger partial charge in [-0.05, 0) is 71.3 Å². The highest BCUT2D eigenvalue weighted by Crippen LogP contribution is 2.30. The van der Waals surface area contributed by atoms with E-state index in [-0.39, 0.29) is 18.2 Å². The Balaban J connectivity index is 2.25. The lowest BCUT2D eigenvalue weighted by Crippen LogP contribution is -2.40. The van der Waals surface area contributed by atoms with Crippen molar-refractivity contribution >= 4 is 6.09 Å². The highest BCUT2D eigenvalue weighted by Gasteiger charge is 2.34. The average Bonchev–Trinajstić information content (AvgIpc) is 3.04. The van der Waals surface area contributed by atoms with Crippen molar-refractivity contribution in [3.63, 3.8) is 0 Å². The summed E-state index contributed by atoms with van der Waals surface area (Å²) in [6, 6.07) is 0.0725. The van der Waals surface area contributed by atoms with Crippen molar-refractivity contribution in [2.75, 3.05) is 6.54 Å². The molecule has 2 rings (SSSR count). The number of unbranched alkanes of at least 4 members (excludes halogenated alkanes) is 2. The summed E-state index contributed by atoms with van der Waals surface area (Å²) in [6.45, 7) is 8.68. The van der Waals surface area contributed by atoms with E-state index in [0.717, 1.165) is 63.5 Å². The van der Waals surface area contributed by atoms with E-state index in [9.17, 15) is 9.90 Å². The zero-order valence-electron chi connectivity index (χ0n) is 17.1. The molecule has 26 heavy (non-hydrogen) atoms. The van der Waals surface area contributed by atoms with Gasteiger partial charge in [-0.2, -0.15) is 0 Å². The standard InChI is InChI=1S/C22H37NO3/c1-5-6-7-11-17(16-18-12-8-9-14-20(18)24)19-13-10-15-23(19)21(25)26-22(2,3)4/h19-20,24H,5-15H2,1-4H3. The second-order valence-corrected chi connectivity index (χ2v) is 8.73. The van der Waals surface area contributed by atoms with Gasteiger partial charge >= 0.3 is 6.09 Å². The quantitative estimate of drug-likeness (QED) is 0.529. The molecule has 0 aromatic heterocycles. The lowest BCUT2D eigenvalue weighted by Gasteiger charge is -2.30. The number of amides is 1. The fourth-order valence-corrected chi connectivity index (χ4v) is 3.89. The third kappa shape index (κ3) is 6.17. The summed E-state index contributed by atoms with van der Waals surface area (Å²) in [6.07, 6.45) is 9.79. The van der Waals surface area contributed by atoms with Crippen LogP contribution in [0.1, 0.15) is 91.9 Å². The van der Waals surface area contributed by atoms with Crippen molar-refractivity contribution in [2.45, 2.75) is 110 Å². The molecule has 1 aliphatic carbocycles. The molecule has 2 aliphatic rings. The zero-order chi connectivity index (χ0) is 19.2. The minimum Gasteiger partial charge on any atom is -0.444 e. The Labute approximate surface area is 159 Å². The maximum Gasteiger partial charge on any atom is 0.410 e. The van der Waals surface area contributed by atoms with Crippen molar-refractivity contribution in [3.05, 3.63) is 16.9 Å². The molecule has 1 saturated carbocycles. The summed E-state index contributed by atoms with van der Waals surface area (Å²) in [5.41, 5.74) is 5.34. The minimum atomic E-state index is -0.478. The van der Waals surface area contributed by atoms with Crippen molar-refractivity contribution in [2.24, 2.45) is 0 Å². The molecule has 4 nitrogen and oxygen atoms in total. The zero-order valence-corrected chi connectivity index (χ0v) is 17.1. The van der Waals surface area contributed by atoms with Crippen LogP contribution >= 0.6 is 0 Å². The lowest BCUT2D eigenvalue weighted by atomic mass is 9.90. The number of ether oxygens (including phenoxy) is 1. The summed E-state index contributed by atoms with van der Waals surface area (Å²) in [5, 5.41) is 10.3. The van der Waals surface area contributed by atoms with Gasteiger partial charge in [-0.25, -0.2) is 4.79 Å². The summed E-state index contributed by atoms with van der Waals surface area (Å²) in [4.78, 5) is 14.6. The molecule has 0 aromatic rings. The highest BCUT2D eigenvalue weighted by atomic mass is 16.6. The van der Waals surface area contributed by atoms with Crippen LogP contribution in [0.2, 0.25) is 0 Å². The first-order valence-electron chi connectivity index (χ1n) is 10.5. The van der Waals surface area contributed by atoms with Crippen LogP contribution in [-0.2, 0) is 4.74 Å². The number of likely N-dealkylation sites (tertiary alicyclic amines) is 1. The van der Waals surface area contributed by atoms with Crippen LogP contribution in [0, 0.1) is 0 Å². The molecule has 148 valence electrons. The molecule has 0 bridgehead atoms. The molecule has 1 amide bonds. The second-order valence-electron chi connectivity index (χ2n) is 8.73. The fraction of sp³-hybridized carbons (Fsp3) is 0.818. The Morgan fingerprint density at radius 1 is 1.23 bits per heavy atom. The largest absolute Gasteiger partial charge is 0.444 e. The van der Waals surface area contributed by atoms with E-state index >= 15 is 0 Å². The molecule has 4 heteroatoms. The SMILES string of the molecule is CCCCCC(=C=C1CCCCC1O)C1CCCN1C(=O)OC(C)(C)C. The van der Waals surface area contributed by atoms with E-state index in [1.165, 1.54) is 18.4 Å². The van der Waals surface area contributed by atoms with Crippen LogP contribution in [0.25, 0.3) is 0 Å². The molecule has 2 unspecified atom stereocenters. The van der Waals surface area contributed by atoms with E-state index in [1.54, 1.807) is 0 Å². The first-order valence-corrected chi connectivity index (χ1v) is 10.5. The van der Waals surface area contributed by atoms with Crippen molar-refractivity contribution < 1.29 is 14.6 Å². The van der Waals surface area contributed by atoms with Gasteiger partial charge in [-0.3, -0.25) is 0 Å². The van der Waals surface area contributed by atoms with Gasteiger partial charge in [0.2, 0.25) is 0 Å². The highest BCUT2D eigenvalue weighted by molar-refractivity contribution is 5.69. The Hall–Kier alpha value is -1.25. The number of aliphatic hydroxyl groups excluding tert-OH is 1. The van der Waals surface area contributed by atoms with Gasteiger partial charge in [-0.1, -0.05) is 26.2 Å². The molecular formula is C22H37NO3. The summed E-state index contributed by atoms with van der Waals surface area (Å²) in [7, 11) is 0. The average molecular weight is 364 g/mol. The van der Waals surface area contributed by atoms with Crippen LogP contribution in [0.15, 0.2) is 16.9 Å². The number of hydrogen-bond donors (Lipinski definition) is 1. The normalized spacial score (nSPS) is 23.7. The van der Waals surface area contributed by atoms with Gasteiger partial charge in [0.15, 0.2) is 0 Å². The number of nitrogens with zero attached hydrogens (tertiary/aromatic N) is 1. The molecule has 0 radical (unpaired) electrons. The van der Waals surface area contributed by atoms with E-state index in [4.69, 9.17) is 4.74 Å². The van der Waals surface area contributed by atoms with Gasteiger partial charge in [0.1, 0.15) is 5.60 Å². The second kappa shape index (κ2) is 9.62. The van der Waals surface area contributed by atoms with E-state index in [0.29, 0.717) is 0 Å². The van der Waals surface area contributed by atoms with Gasteiger partial charge in [0.25, 0.3) is 0 Å². The van der Waals surface area contributed by atoms with Crippen LogP contribution in [-0.4, -0.2) is 40.4 Å². The van der Waals surface area contributed by atoms with Crippen molar-refractivity contribution in [3.8, 4) is 0 Å². The van der Waals surface area contributed by atoms with Crippen LogP contribution in [0.5, 0.6) is 0 Å². The molecular weight excluding hydrogens is 326 g/mol. The monoisotopic (exact) mass is 363 g/mol. The summed E-state index contributed by atoms with van der Waals surface area (Å²) in [5.74, 6) is 0. The third-order valence-corrected chi connectivity index (χ3v) is 5.23. The first-order chi connectivity index (χ1) is 12.3. The van der Waals surface area contributed by atoms with E-state index in [1.807, 2.05) is 25.7 Å². The summed E-state index contributed by atoms with van der Waals surface area (Å²) >= 11 is 0. The number of carbonyl (C=O) groups is 1. The van der Waals surface area contributed by atoms with Gasteiger partial charge in [-0.15, -0.1) is 5.73 Å². The third-order valence-electron chi connectivity index (χ3n) is 5.23. The first kappa shape index (κ1) is 21.1. The van der Waals surface area contributed by atoms with Gasteiger partial charge in [0, 0.05) is 12.1 Å². The molecule has 2 fully saturated rings. The topological polar surface area (TPSA) is 49.8 Å². The van der Waals surface area contributed by atoms with E-state index in [2.05, 4.69) is 12.7 Å². The minimum absolute atomic E-state index is 0.0725. The van der Waals surface area contributed by atoms with Crippen molar-refractivity contribution in [1.29, 1.82) is 0 Å². The van der Waals surface area contributed by atoms with Crippen molar-refractivity contribution in [1.82, 2.24) is 4.90 Å². The molecule has 0 aromatic carbocycles. The Kier molecular flexibility index (Phi) is 7.79. The molecule has 1 N–H and O–H groups in total. The smallest absolute Gasteiger partial charge is 0.410 e. The molecule has 1 saturated heterocycles. The summed E-state index contributed by atoms with van der Waals surface area (Å²) < 4.78 is 5.63. The number of rotatable bonds is 5. The van der Waals surface area contributed by atoms with Gasteiger partial charge in [0.05, 0.1) is 12.1 Å². The lowest BCUT2D eigenvalue weighted by molar-refractivity contribution is 0.0247. The predicted molar refractivity (Wildman–Crippen MR) is 105 cm³/mol. The number of hydrogen-bond acceptors (Lipinski definition) is 3. The maximum absolute atomic E-state index is 12.7. The number of aliphatic hydroxyl groups is 1. The van der Waals surface area contributed by atoms with Gasteiger partial charge < -0.3 is 14.7 Å². The van der Waals surface area contributed by atoms with Crippen LogP contribution < -0.4 is 0 Å². The number of carbonyl (C=O) groups excluding carboxylic acids is 1. The fourth-order valence-electron chi connectivity index (χ4n) is 3.89. The molecule has 2 atom stereocenters. The Bertz CT molecular complexity index is 540. The Morgan fingerprint density at radius 2 is 2.00 bits per heavy atom. The van der Waals surface area contributed by atoms with E-state index < -0.39 is 5.60 Å². The van der Waals surface area contributed by atoms with Crippen LogP contribution in [0.3, 0.4) is 0 Å². The van der Waals surface area contributed by atoms with Crippen LogP contribution in [0.4, 0.5) is 4.79 Å². The molecule has 1 heterocycles. The molecule has 0 spiro atoms. The maximum atomic E-state index is 12.7. The Morgan fingerprint density at radius 3 is 2.65 bits per heavy atom. The predicted octanol–water partition coefficient (Wildman–Crippen LogP) is 5.35. The molecule has 1 aliphatic heterocycles.